The number of halogens is 2. The fraction of sp³-hybridized carbons (Fsp3) is 0.591. The van der Waals surface area contributed by atoms with Crippen molar-refractivity contribution in [2.24, 2.45) is 4.99 Å². The second-order valence-electron chi connectivity index (χ2n) is 9.50. The molecule has 5 rings (SSSR count). The number of aliphatic hydroxyl groups is 2. The molecule has 1 fully saturated rings. The zero-order chi connectivity index (χ0) is 25.9. The molecule has 2 unspecified atom stereocenters. The molecular formula is C22H28ClFN6O5S. The monoisotopic (exact) mass is 542 g/mol. The van der Waals surface area contributed by atoms with Crippen LogP contribution in [0.4, 0.5) is 10.3 Å². The topological polar surface area (TPSA) is 140 Å². The van der Waals surface area contributed by atoms with E-state index < -0.39 is 40.5 Å². The highest BCUT2D eigenvalue weighted by molar-refractivity contribution is 7.88. The minimum atomic E-state index is -3.41. The molecule has 0 aromatic carbocycles. The van der Waals surface area contributed by atoms with Crippen LogP contribution in [0.5, 0.6) is 0 Å². The van der Waals surface area contributed by atoms with Crippen LogP contribution < -0.4 is 5.32 Å². The van der Waals surface area contributed by atoms with Crippen molar-refractivity contribution in [2.45, 2.75) is 56.8 Å². The third-order valence-corrected chi connectivity index (χ3v) is 8.32. The SMILES string of the molecule is C[C@@H]1COC2=C3C(N=C([C@@H](C)O)N31)C(F)C=C2c1nc(N[C@@H]2CCN(S(C)(=O)=O)C[C@H]2O)ncc1Cl. The number of allylic oxidation sites excluding steroid dienone is 1. The number of nitrogens with one attached hydrogen (secondary N) is 1. The Hall–Kier alpha value is -2.32. The second-order valence-corrected chi connectivity index (χ2v) is 11.9. The van der Waals surface area contributed by atoms with Crippen molar-refractivity contribution in [3.8, 4) is 0 Å². The number of β-amino-alcohol motifs (C(OH)–C–C–N with tert-alkyl or cyclic N) is 1. The summed E-state index contributed by atoms with van der Waals surface area (Å²) in [5.41, 5.74) is 1.14. The number of piperidine rings is 1. The molecule has 6 atom stereocenters. The molecule has 4 aliphatic rings. The van der Waals surface area contributed by atoms with Crippen LogP contribution in [0, 0.1) is 0 Å². The van der Waals surface area contributed by atoms with Crippen LogP contribution >= 0.6 is 11.6 Å². The highest BCUT2D eigenvalue weighted by Gasteiger charge is 2.48. The Morgan fingerprint density at radius 3 is 2.81 bits per heavy atom. The van der Waals surface area contributed by atoms with Crippen LogP contribution in [-0.2, 0) is 14.8 Å². The zero-order valence-electron chi connectivity index (χ0n) is 20.0. The van der Waals surface area contributed by atoms with Gasteiger partial charge in [0.15, 0.2) is 0 Å². The molecule has 4 heterocycles. The fourth-order valence-electron chi connectivity index (χ4n) is 5.01. The van der Waals surface area contributed by atoms with Crippen molar-refractivity contribution in [1.29, 1.82) is 0 Å². The summed E-state index contributed by atoms with van der Waals surface area (Å²) >= 11 is 6.45. The number of nitrogens with zero attached hydrogens (tertiary/aromatic N) is 5. The van der Waals surface area contributed by atoms with Gasteiger partial charge in [0.05, 0.1) is 47.1 Å². The van der Waals surface area contributed by atoms with Gasteiger partial charge in [0, 0.05) is 18.7 Å². The third kappa shape index (κ3) is 4.36. The van der Waals surface area contributed by atoms with Gasteiger partial charge in [0.25, 0.3) is 0 Å². The summed E-state index contributed by atoms with van der Waals surface area (Å²) in [4.78, 5) is 15.0. The molecule has 1 aromatic rings. The predicted octanol–water partition coefficient (Wildman–Crippen LogP) is 0.766. The Balaban J connectivity index is 1.45. The van der Waals surface area contributed by atoms with Crippen LogP contribution in [0.15, 0.2) is 28.7 Å². The normalized spacial score (nSPS) is 31.4. The number of aliphatic imine (C=N–C) groups is 1. The summed E-state index contributed by atoms with van der Waals surface area (Å²) in [5.74, 6) is 0.953. The maximum Gasteiger partial charge on any atom is 0.223 e. The predicted molar refractivity (Wildman–Crippen MR) is 132 cm³/mol. The van der Waals surface area contributed by atoms with Crippen LogP contribution in [0.3, 0.4) is 0 Å². The first-order valence-corrected chi connectivity index (χ1v) is 13.9. The summed E-state index contributed by atoms with van der Waals surface area (Å²) in [6, 6.07) is -1.47. The smallest absolute Gasteiger partial charge is 0.223 e. The summed E-state index contributed by atoms with van der Waals surface area (Å²) in [6.45, 7) is 4.00. The number of aromatic nitrogens is 2. The van der Waals surface area contributed by atoms with Crippen molar-refractivity contribution in [2.75, 3.05) is 31.3 Å². The Morgan fingerprint density at radius 2 is 2.14 bits per heavy atom. The summed E-state index contributed by atoms with van der Waals surface area (Å²) in [7, 11) is -3.41. The molecule has 0 bridgehead atoms. The Bertz CT molecular complexity index is 1270. The van der Waals surface area contributed by atoms with Crippen molar-refractivity contribution >= 4 is 39.0 Å². The van der Waals surface area contributed by atoms with E-state index >= 15 is 4.39 Å². The maximum absolute atomic E-state index is 15.4. The van der Waals surface area contributed by atoms with Crippen LogP contribution in [0.2, 0.25) is 5.02 Å². The lowest BCUT2D eigenvalue weighted by Crippen LogP contribution is -2.51. The van der Waals surface area contributed by atoms with E-state index in [9.17, 15) is 18.6 Å². The van der Waals surface area contributed by atoms with E-state index in [-0.39, 0.29) is 35.8 Å². The third-order valence-electron chi connectivity index (χ3n) is 6.77. The van der Waals surface area contributed by atoms with Crippen molar-refractivity contribution in [3.63, 3.8) is 0 Å². The van der Waals surface area contributed by atoms with Crippen molar-refractivity contribution in [3.05, 3.63) is 34.4 Å². The van der Waals surface area contributed by atoms with Crippen LogP contribution in [-0.4, -0.2) is 106 Å². The van der Waals surface area contributed by atoms with Gasteiger partial charge < -0.3 is 25.2 Å². The number of hydrogen-bond acceptors (Lipinski definition) is 10. The number of anilines is 1. The van der Waals surface area contributed by atoms with Crippen LogP contribution in [0.1, 0.15) is 26.0 Å². The molecule has 36 heavy (non-hydrogen) atoms. The van der Waals surface area contributed by atoms with Gasteiger partial charge in [-0.15, -0.1) is 0 Å². The van der Waals surface area contributed by atoms with Crippen molar-refractivity contribution < 1.29 is 27.8 Å². The van der Waals surface area contributed by atoms with Crippen LogP contribution in [0.25, 0.3) is 5.57 Å². The second kappa shape index (κ2) is 9.21. The maximum atomic E-state index is 15.4. The molecule has 1 aliphatic carbocycles. The molecule has 1 saturated heterocycles. The first kappa shape index (κ1) is 25.3. The molecule has 0 radical (unpaired) electrons. The molecule has 14 heteroatoms. The van der Waals surface area contributed by atoms with Gasteiger partial charge in [-0.25, -0.2) is 22.8 Å². The Morgan fingerprint density at radius 1 is 1.39 bits per heavy atom. The molecular weight excluding hydrogens is 515 g/mol. The number of amidine groups is 1. The molecule has 0 spiro atoms. The quantitative estimate of drug-likeness (QED) is 0.492. The number of sulfonamides is 1. The summed E-state index contributed by atoms with van der Waals surface area (Å²) < 4.78 is 46.2. The van der Waals surface area contributed by atoms with E-state index in [0.717, 1.165) is 6.26 Å². The largest absolute Gasteiger partial charge is 0.489 e. The minimum Gasteiger partial charge on any atom is -0.489 e. The van der Waals surface area contributed by atoms with E-state index in [4.69, 9.17) is 16.3 Å². The van der Waals surface area contributed by atoms with Gasteiger partial charge in [0.1, 0.15) is 36.5 Å². The molecule has 3 aliphatic heterocycles. The average Bonchev–Trinajstić information content (AvgIpc) is 3.22. The molecule has 0 saturated carbocycles. The first-order valence-electron chi connectivity index (χ1n) is 11.7. The molecule has 0 amide bonds. The van der Waals surface area contributed by atoms with Gasteiger partial charge >= 0.3 is 0 Å². The molecule has 11 nitrogen and oxygen atoms in total. The lowest BCUT2D eigenvalue weighted by Gasteiger charge is -2.39. The van der Waals surface area contributed by atoms with E-state index in [1.54, 1.807) is 6.92 Å². The van der Waals surface area contributed by atoms with E-state index in [1.165, 1.54) is 16.6 Å². The Kier molecular flexibility index (Phi) is 6.48. The average molecular weight is 543 g/mol. The van der Waals surface area contributed by atoms with Gasteiger partial charge in [0.2, 0.25) is 16.0 Å². The van der Waals surface area contributed by atoms with E-state index in [0.29, 0.717) is 35.9 Å². The van der Waals surface area contributed by atoms with E-state index in [1.807, 2.05) is 11.8 Å². The molecule has 196 valence electrons. The highest BCUT2D eigenvalue weighted by Crippen LogP contribution is 2.44. The zero-order valence-corrected chi connectivity index (χ0v) is 21.5. The molecule has 1 aromatic heterocycles. The van der Waals surface area contributed by atoms with Gasteiger partial charge in [-0.2, -0.15) is 4.31 Å². The number of hydrogen-bond donors (Lipinski definition) is 3. The summed E-state index contributed by atoms with van der Waals surface area (Å²) in [5, 5.41) is 24.0. The van der Waals surface area contributed by atoms with Gasteiger partial charge in [-0.1, -0.05) is 11.6 Å². The number of rotatable bonds is 5. The number of ether oxygens (including phenoxy) is 1. The number of alkyl halides is 1. The highest BCUT2D eigenvalue weighted by atomic mass is 35.5. The van der Waals surface area contributed by atoms with Crippen molar-refractivity contribution in [1.82, 2.24) is 19.2 Å². The first-order chi connectivity index (χ1) is 17.0. The molecule has 3 N–H and O–H groups in total. The number of aliphatic hydroxyl groups excluding tert-OH is 2. The fourth-order valence-corrected chi connectivity index (χ4v) is 6.07. The Labute approximate surface area is 213 Å². The lowest BCUT2D eigenvalue weighted by molar-refractivity contribution is 0.0950. The summed E-state index contributed by atoms with van der Waals surface area (Å²) in [6.07, 6.45) is 0.854. The minimum absolute atomic E-state index is 0.0449. The van der Waals surface area contributed by atoms with Gasteiger partial charge in [-0.3, -0.25) is 4.99 Å². The van der Waals surface area contributed by atoms with Gasteiger partial charge in [-0.05, 0) is 26.3 Å². The lowest BCUT2D eigenvalue weighted by atomic mass is 9.92. The standard InChI is InChI=1S/C22H28ClFN6O5S/c1-10-9-35-20-12(6-14(24)18-19(20)30(10)21(27-18)11(2)31)17-13(23)7-25-22(28-17)26-15-4-5-29(8-16(15)32)36(3,33)34/h6-7,10-11,14-16,18,31-32H,4-5,8-9H2,1-3H3,(H,25,26,28)/t10-,11-,14?,15-,16-,18?/m1/s1. The van der Waals surface area contributed by atoms with E-state index in [2.05, 4.69) is 20.3 Å².